The van der Waals surface area contributed by atoms with Gasteiger partial charge in [0.15, 0.2) is 5.82 Å². The van der Waals surface area contributed by atoms with E-state index in [4.69, 9.17) is 11.6 Å². The molecular weight excluding hydrogens is 461 g/mol. The van der Waals surface area contributed by atoms with Crippen LogP contribution in [0.1, 0.15) is 19.4 Å². The third-order valence-corrected chi connectivity index (χ3v) is 4.40. The van der Waals surface area contributed by atoms with E-state index in [-0.39, 0.29) is 34.1 Å². The maximum Gasteiger partial charge on any atom is 0.418 e. The molecule has 1 aromatic heterocycles. The van der Waals surface area contributed by atoms with Gasteiger partial charge in [0.2, 0.25) is 17.8 Å². The molecular formula is C21H18ClF3N6O2. The summed E-state index contributed by atoms with van der Waals surface area (Å²) in [5.74, 6) is -0.838. The summed E-state index contributed by atoms with van der Waals surface area (Å²) in [7, 11) is 0. The Balaban J connectivity index is 1.92. The Bertz CT molecular complexity index is 1200. The second-order valence-corrected chi connectivity index (χ2v) is 7.21. The van der Waals surface area contributed by atoms with Crippen molar-refractivity contribution in [2.45, 2.75) is 20.0 Å². The Hall–Kier alpha value is -3.86. The standard InChI is InChI=1S/C21H18ClF3N6O2/c1-11(32)27-13-7-8-16(14(9-13)21(23,24)25)30-20-26-10-15(22)19(31-20)29-18-6-4-3-5-17(18)28-12(2)33/h3-10H,1-2H3,(H,27,32)(H,28,33)(H2,26,29,30,31). The Kier molecular flexibility index (Phi) is 7.02. The third kappa shape index (κ3) is 6.32. The van der Waals surface area contributed by atoms with Crippen LogP contribution in [-0.4, -0.2) is 21.8 Å². The molecule has 0 unspecified atom stereocenters. The summed E-state index contributed by atoms with van der Waals surface area (Å²) in [6, 6.07) is 10.0. The van der Waals surface area contributed by atoms with E-state index >= 15 is 0 Å². The van der Waals surface area contributed by atoms with E-state index in [1.165, 1.54) is 26.1 Å². The molecule has 0 spiro atoms. The summed E-state index contributed by atoms with van der Waals surface area (Å²) in [4.78, 5) is 30.7. The zero-order chi connectivity index (χ0) is 24.2. The molecule has 0 fully saturated rings. The predicted octanol–water partition coefficient (Wildman–Crippen LogP) is 5.55. The second kappa shape index (κ2) is 9.74. The van der Waals surface area contributed by atoms with Crippen LogP contribution in [0, 0.1) is 0 Å². The molecule has 3 rings (SSSR count). The van der Waals surface area contributed by atoms with Crippen LogP contribution in [-0.2, 0) is 15.8 Å². The summed E-state index contributed by atoms with van der Waals surface area (Å²) in [5.41, 5.74) is -0.410. The van der Waals surface area contributed by atoms with Crippen LogP contribution in [0.25, 0.3) is 0 Å². The van der Waals surface area contributed by atoms with Gasteiger partial charge in [-0.2, -0.15) is 18.2 Å². The molecule has 0 aliphatic carbocycles. The van der Waals surface area contributed by atoms with Gasteiger partial charge < -0.3 is 21.3 Å². The van der Waals surface area contributed by atoms with Crippen LogP contribution in [0.2, 0.25) is 5.02 Å². The highest BCUT2D eigenvalue weighted by atomic mass is 35.5. The fourth-order valence-electron chi connectivity index (χ4n) is 2.82. The largest absolute Gasteiger partial charge is 0.418 e. The number of benzene rings is 2. The maximum atomic E-state index is 13.6. The number of carbonyl (C=O) groups excluding carboxylic acids is 2. The molecule has 0 aliphatic heterocycles. The lowest BCUT2D eigenvalue weighted by atomic mass is 10.1. The summed E-state index contributed by atoms with van der Waals surface area (Å²) in [5, 5.41) is 10.6. The van der Waals surface area contributed by atoms with E-state index in [0.717, 1.165) is 12.1 Å². The SMILES string of the molecule is CC(=O)Nc1ccc(Nc2ncc(Cl)c(Nc3ccccc3NC(C)=O)n2)c(C(F)(F)F)c1. The van der Waals surface area contributed by atoms with Crippen LogP contribution in [0.4, 0.5) is 47.7 Å². The molecule has 1 heterocycles. The molecule has 172 valence electrons. The predicted molar refractivity (Wildman–Crippen MR) is 120 cm³/mol. The van der Waals surface area contributed by atoms with E-state index in [1.807, 2.05) is 0 Å². The van der Waals surface area contributed by atoms with E-state index in [2.05, 4.69) is 31.2 Å². The van der Waals surface area contributed by atoms with Gasteiger partial charge in [0.05, 0.1) is 28.8 Å². The highest BCUT2D eigenvalue weighted by molar-refractivity contribution is 6.33. The molecule has 0 atom stereocenters. The maximum absolute atomic E-state index is 13.6. The monoisotopic (exact) mass is 478 g/mol. The topological polar surface area (TPSA) is 108 Å². The van der Waals surface area contributed by atoms with Gasteiger partial charge in [-0.3, -0.25) is 9.59 Å². The van der Waals surface area contributed by atoms with Gasteiger partial charge in [-0.25, -0.2) is 4.98 Å². The number of nitrogens with zero attached hydrogens (tertiary/aromatic N) is 2. The minimum absolute atomic E-state index is 0.00525. The summed E-state index contributed by atoms with van der Waals surface area (Å²) in [6.07, 6.45) is -3.49. The minimum atomic E-state index is -4.71. The van der Waals surface area contributed by atoms with Crippen molar-refractivity contribution in [2.75, 3.05) is 21.3 Å². The number of rotatable bonds is 6. The molecule has 0 bridgehead atoms. The third-order valence-electron chi connectivity index (χ3n) is 4.13. The number of amides is 2. The Labute approximate surface area is 191 Å². The highest BCUT2D eigenvalue weighted by Gasteiger charge is 2.34. The number of anilines is 6. The molecule has 2 amide bonds. The Morgan fingerprint density at radius 3 is 2.21 bits per heavy atom. The van der Waals surface area contributed by atoms with E-state index in [0.29, 0.717) is 11.4 Å². The summed E-state index contributed by atoms with van der Waals surface area (Å²) < 4.78 is 40.8. The number of hydrogen-bond acceptors (Lipinski definition) is 6. The van der Waals surface area contributed by atoms with Crippen molar-refractivity contribution >= 4 is 57.9 Å². The number of aromatic nitrogens is 2. The second-order valence-electron chi connectivity index (χ2n) is 6.81. The van der Waals surface area contributed by atoms with Crippen molar-refractivity contribution in [3.05, 3.63) is 59.2 Å². The number of halogens is 4. The first-order valence-electron chi connectivity index (χ1n) is 9.45. The summed E-state index contributed by atoms with van der Waals surface area (Å²) in [6.45, 7) is 2.55. The Morgan fingerprint density at radius 2 is 1.58 bits per heavy atom. The van der Waals surface area contributed by atoms with E-state index < -0.39 is 17.6 Å². The smallest absolute Gasteiger partial charge is 0.337 e. The fourth-order valence-corrected chi connectivity index (χ4v) is 2.96. The van der Waals surface area contributed by atoms with Crippen molar-refractivity contribution in [3.63, 3.8) is 0 Å². The normalized spacial score (nSPS) is 11.0. The van der Waals surface area contributed by atoms with Crippen LogP contribution in [0.5, 0.6) is 0 Å². The molecule has 0 radical (unpaired) electrons. The molecule has 0 aliphatic rings. The number of para-hydroxylation sites is 2. The van der Waals surface area contributed by atoms with Crippen molar-refractivity contribution < 1.29 is 22.8 Å². The highest BCUT2D eigenvalue weighted by Crippen LogP contribution is 2.38. The quantitative estimate of drug-likeness (QED) is 0.370. The van der Waals surface area contributed by atoms with E-state index in [9.17, 15) is 22.8 Å². The lowest BCUT2D eigenvalue weighted by molar-refractivity contribution is -0.137. The van der Waals surface area contributed by atoms with E-state index in [1.54, 1.807) is 24.3 Å². The molecule has 3 aromatic rings. The zero-order valence-corrected chi connectivity index (χ0v) is 18.1. The molecule has 33 heavy (non-hydrogen) atoms. The minimum Gasteiger partial charge on any atom is -0.337 e. The molecule has 0 saturated heterocycles. The molecule has 8 nitrogen and oxygen atoms in total. The number of hydrogen-bond donors (Lipinski definition) is 4. The van der Waals surface area contributed by atoms with Crippen molar-refractivity contribution in [3.8, 4) is 0 Å². The van der Waals surface area contributed by atoms with Crippen LogP contribution in [0.15, 0.2) is 48.7 Å². The van der Waals surface area contributed by atoms with Crippen molar-refractivity contribution in [1.82, 2.24) is 9.97 Å². The number of alkyl halides is 3. The van der Waals surface area contributed by atoms with Gasteiger partial charge in [0.1, 0.15) is 5.02 Å². The molecule has 0 saturated carbocycles. The van der Waals surface area contributed by atoms with Crippen LogP contribution in [0.3, 0.4) is 0 Å². The average Bonchev–Trinajstić information content (AvgIpc) is 2.71. The van der Waals surface area contributed by atoms with Crippen LogP contribution >= 0.6 is 11.6 Å². The number of carbonyl (C=O) groups is 2. The lowest BCUT2D eigenvalue weighted by Crippen LogP contribution is -2.12. The first-order chi connectivity index (χ1) is 15.5. The van der Waals surface area contributed by atoms with Gasteiger partial charge in [-0.1, -0.05) is 23.7 Å². The lowest BCUT2D eigenvalue weighted by Gasteiger charge is -2.16. The average molecular weight is 479 g/mol. The fraction of sp³-hybridized carbons (Fsp3) is 0.143. The molecule has 4 N–H and O–H groups in total. The molecule has 2 aromatic carbocycles. The summed E-state index contributed by atoms with van der Waals surface area (Å²) >= 11 is 6.16. The zero-order valence-electron chi connectivity index (χ0n) is 17.3. The van der Waals surface area contributed by atoms with Gasteiger partial charge in [0, 0.05) is 19.5 Å². The Morgan fingerprint density at radius 1 is 0.909 bits per heavy atom. The van der Waals surface area contributed by atoms with Crippen molar-refractivity contribution in [2.24, 2.45) is 0 Å². The van der Waals surface area contributed by atoms with Gasteiger partial charge in [-0.15, -0.1) is 0 Å². The van der Waals surface area contributed by atoms with Gasteiger partial charge >= 0.3 is 6.18 Å². The van der Waals surface area contributed by atoms with Crippen LogP contribution < -0.4 is 21.3 Å². The first kappa shape index (κ1) is 23.8. The first-order valence-corrected chi connectivity index (χ1v) is 9.83. The van der Waals surface area contributed by atoms with Crippen molar-refractivity contribution in [1.29, 1.82) is 0 Å². The number of nitrogens with one attached hydrogen (secondary N) is 4. The van der Waals surface area contributed by atoms with Gasteiger partial charge in [0.25, 0.3) is 0 Å². The molecule has 12 heteroatoms. The van der Waals surface area contributed by atoms with Gasteiger partial charge in [-0.05, 0) is 30.3 Å².